The third-order valence-corrected chi connectivity index (χ3v) is 3.22. The fourth-order valence-electron chi connectivity index (χ4n) is 1.62. The van der Waals surface area contributed by atoms with Gasteiger partial charge in [0.2, 0.25) is 0 Å². The van der Waals surface area contributed by atoms with E-state index in [1.807, 2.05) is 29.1 Å². The van der Waals surface area contributed by atoms with Gasteiger partial charge < -0.3 is 14.8 Å². The lowest BCUT2D eigenvalue weighted by molar-refractivity contribution is 0.199. The molecule has 0 radical (unpaired) electrons. The van der Waals surface area contributed by atoms with Crippen LogP contribution in [0, 0.1) is 0 Å². The Balaban J connectivity index is 1.81. The van der Waals surface area contributed by atoms with E-state index >= 15 is 0 Å². The number of nitrogens with one attached hydrogen (secondary N) is 1. The smallest absolute Gasteiger partial charge is 0.131 e. The normalized spacial score (nSPS) is 10.6. The first-order valence-corrected chi connectivity index (χ1v) is 7.11. The van der Waals surface area contributed by atoms with E-state index in [0.29, 0.717) is 6.61 Å². The Morgan fingerprint density at radius 3 is 3.11 bits per heavy atom. The molecule has 2 aromatic rings. The van der Waals surface area contributed by atoms with Gasteiger partial charge in [0.1, 0.15) is 12.4 Å². The summed E-state index contributed by atoms with van der Waals surface area (Å²) in [6.45, 7) is 2.90. The van der Waals surface area contributed by atoms with E-state index in [4.69, 9.17) is 9.47 Å². The predicted octanol–water partition coefficient (Wildman–Crippen LogP) is 2.46. The Kier molecular flexibility index (Phi) is 5.81. The van der Waals surface area contributed by atoms with Crippen molar-refractivity contribution in [1.29, 1.82) is 0 Å². The van der Waals surface area contributed by atoms with E-state index in [-0.39, 0.29) is 0 Å². The number of thiazole rings is 1. The molecule has 0 spiro atoms. The van der Waals surface area contributed by atoms with Gasteiger partial charge in [-0.1, -0.05) is 12.1 Å². The fourth-order valence-corrected chi connectivity index (χ4v) is 2.16. The highest BCUT2D eigenvalue weighted by Crippen LogP contribution is 2.15. The van der Waals surface area contributed by atoms with Crippen LogP contribution in [0.4, 0.5) is 0 Å². The first-order chi connectivity index (χ1) is 9.38. The van der Waals surface area contributed by atoms with Crippen molar-refractivity contribution in [2.24, 2.45) is 0 Å². The van der Waals surface area contributed by atoms with E-state index in [0.717, 1.165) is 31.1 Å². The van der Waals surface area contributed by atoms with E-state index in [9.17, 15) is 0 Å². The molecule has 0 saturated carbocycles. The first kappa shape index (κ1) is 14.0. The summed E-state index contributed by atoms with van der Waals surface area (Å²) in [5.74, 6) is 0.874. The molecule has 0 saturated heterocycles. The van der Waals surface area contributed by atoms with Crippen LogP contribution in [-0.2, 0) is 17.9 Å². The molecule has 0 aliphatic heterocycles. The third kappa shape index (κ3) is 4.98. The van der Waals surface area contributed by atoms with Crippen LogP contribution in [0.2, 0.25) is 0 Å². The molecule has 0 atom stereocenters. The lowest BCUT2D eigenvalue weighted by Gasteiger charge is -2.08. The Bertz CT molecular complexity index is 474. The minimum atomic E-state index is 0.518. The lowest BCUT2D eigenvalue weighted by atomic mass is 10.2. The number of aromatic nitrogens is 1. The molecular weight excluding hydrogens is 260 g/mol. The van der Waals surface area contributed by atoms with Crippen LogP contribution in [0.15, 0.2) is 35.2 Å². The van der Waals surface area contributed by atoms with Crippen molar-refractivity contribution in [3.63, 3.8) is 0 Å². The van der Waals surface area contributed by atoms with Gasteiger partial charge in [-0.3, -0.25) is 0 Å². The van der Waals surface area contributed by atoms with Crippen molar-refractivity contribution in [2.75, 3.05) is 20.3 Å². The summed E-state index contributed by atoms with van der Waals surface area (Å²) in [5.41, 5.74) is 3.98. The van der Waals surface area contributed by atoms with Crippen LogP contribution in [0.25, 0.3) is 0 Å². The van der Waals surface area contributed by atoms with E-state index < -0.39 is 0 Å². The van der Waals surface area contributed by atoms with Gasteiger partial charge in [-0.25, -0.2) is 4.98 Å². The van der Waals surface area contributed by atoms with Crippen molar-refractivity contribution in [3.8, 4) is 5.75 Å². The van der Waals surface area contributed by atoms with Crippen molar-refractivity contribution >= 4 is 11.3 Å². The molecule has 0 fully saturated rings. The number of rotatable bonds is 8. The molecule has 1 N–H and O–H groups in total. The van der Waals surface area contributed by atoms with Crippen LogP contribution >= 0.6 is 11.3 Å². The Morgan fingerprint density at radius 2 is 2.32 bits per heavy atom. The number of hydrogen-bond acceptors (Lipinski definition) is 5. The van der Waals surface area contributed by atoms with Gasteiger partial charge in [0.15, 0.2) is 0 Å². The number of hydrogen-bond donors (Lipinski definition) is 1. The largest absolute Gasteiger partial charge is 0.487 e. The maximum Gasteiger partial charge on any atom is 0.131 e. The van der Waals surface area contributed by atoms with Crippen LogP contribution in [-0.4, -0.2) is 25.2 Å². The highest BCUT2D eigenvalue weighted by atomic mass is 32.1. The lowest BCUT2D eigenvalue weighted by Crippen LogP contribution is -2.18. The minimum absolute atomic E-state index is 0.518. The quantitative estimate of drug-likeness (QED) is 0.753. The van der Waals surface area contributed by atoms with E-state index in [1.165, 1.54) is 5.56 Å². The van der Waals surface area contributed by atoms with Gasteiger partial charge in [0.25, 0.3) is 0 Å². The highest BCUT2D eigenvalue weighted by molar-refractivity contribution is 7.07. The summed E-state index contributed by atoms with van der Waals surface area (Å²) < 4.78 is 10.7. The molecular formula is C14H18N2O2S. The van der Waals surface area contributed by atoms with Gasteiger partial charge in [0.05, 0.1) is 17.8 Å². The van der Waals surface area contributed by atoms with Crippen molar-refractivity contribution in [2.45, 2.75) is 13.2 Å². The Morgan fingerprint density at radius 1 is 1.37 bits per heavy atom. The van der Waals surface area contributed by atoms with Gasteiger partial charge in [-0.15, -0.1) is 11.3 Å². The zero-order valence-electron chi connectivity index (χ0n) is 11.0. The zero-order valence-corrected chi connectivity index (χ0v) is 11.8. The summed E-state index contributed by atoms with van der Waals surface area (Å²) >= 11 is 1.58. The molecule has 1 aromatic heterocycles. The molecule has 5 heteroatoms. The Labute approximate surface area is 117 Å². The third-order valence-electron chi connectivity index (χ3n) is 2.58. The maximum atomic E-state index is 5.71. The van der Waals surface area contributed by atoms with Crippen LogP contribution in [0.1, 0.15) is 11.3 Å². The number of ether oxygens (including phenoxy) is 2. The van der Waals surface area contributed by atoms with Gasteiger partial charge in [-0.05, 0) is 17.7 Å². The van der Waals surface area contributed by atoms with Crippen molar-refractivity contribution in [3.05, 3.63) is 46.4 Å². The number of benzene rings is 1. The molecule has 102 valence electrons. The standard InChI is InChI=1S/C14H18N2O2S/c1-17-6-5-15-8-12-3-2-4-14(7-12)18-9-13-10-19-11-16-13/h2-4,7,10-11,15H,5-6,8-9H2,1H3. The first-order valence-electron chi connectivity index (χ1n) is 6.17. The fraction of sp³-hybridized carbons (Fsp3) is 0.357. The minimum Gasteiger partial charge on any atom is -0.487 e. The van der Waals surface area contributed by atoms with Crippen LogP contribution in [0.3, 0.4) is 0 Å². The average Bonchev–Trinajstić information content (AvgIpc) is 2.95. The van der Waals surface area contributed by atoms with E-state index in [2.05, 4.69) is 16.4 Å². The molecule has 0 aliphatic carbocycles. The summed E-state index contributed by atoms with van der Waals surface area (Å²) in [4.78, 5) is 4.19. The number of nitrogens with zero attached hydrogens (tertiary/aromatic N) is 1. The van der Waals surface area contributed by atoms with Crippen LogP contribution in [0.5, 0.6) is 5.75 Å². The van der Waals surface area contributed by atoms with Crippen molar-refractivity contribution in [1.82, 2.24) is 10.3 Å². The molecule has 0 bridgehead atoms. The molecule has 0 unspecified atom stereocenters. The summed E-state index contributed by atoms with van der Waals surface area (Å²) in [7, 11) is 1.70. The van der Waals surface area contributed by atoms with Gasteiger partial charge in [0, 0.05) is 25.6 Å². The molecule has 4 nitrogen and oxygen atoms in total. The summed E-state index contributed by atoms with van der Waals surface area (Å²) in [5, 5.41) is 5.30. The van der Waals surface area contributed by atoms with Gasteiger partial charge >= 0.3 is 0 Å². The van der Waals surface area contributed by atoms with Crippen molar-refractivity contribution < 1.29 is 9.47 Å². The molecule has 0 amide bonds. The topological polar surface area (TPSA) is 43.4 Å². The SMILES string of the molecule is COCCNCc1cccc(OCc2cscn2)c1. The molecule has 2 rings (SSSR count). The summed E-state index contributed by atoms with van der Waals surface area (Å²) in [6, 6.07) is 8.09. The highest BCUT2D eigenvalue weighted by Gasteiger charge is 1.99. The molecule has 0 aliphatic rings. The average molecular weight is 278 g/mol. The van der Waals surface area contributed by atoms with Crippen LogP contribution < -0.4 is 10.1 Å². The zero-order chi connectivity index (χ0) is 13.3. The predicted molar refractivity (Wildman–Crippen MR) is 76.5 cm³/mol. The summed E-state index contributed by atoms with van der Waals surface area (Å²) in [6.07, 6.45) is 0. The second-order valence-electron chi connectivity index (χ2n) is 4.09. The Hall–Kier alpha value is -1.43. The van der Waals surface area contributed by atoms with E-state index in [1.54, 1.807) is 18.4 Å². The molecule has 1 aromatic carbocycles. The maximum absolute atomic E-state index is 5.71. The molecule has 19 heavy (non-hydrogen) atoms. The molecule has 1 heterocycles. The monoisotopic (exact) mass is 278 g/mol. The van der Waals surface area contributed by atoms with Gasteiger partial charge in [-0.2, -0.15) is 0 Å². The second-order valence-corrected chi connectivity index (χ2v) is 4.80. The number of methoxy groups -OCH3 is 1. The second kappa shape index (κ2) is 7.89.